The summed E-state index contributed by atoms with van der Waals surface area (Å²) in [6.45, 7) is -1.22. The molecule has 0 bridgehead atoms. The van der Waals surface area contributed by atoms with Gasteiger partial charge in [-0.2, -0.15) is 13.2 Å². The molecule has 0 saturated heterocycles. The molecule has 0 heterocycles. The predicted molar refractivity (Wildman–Crippen MR) is 67.0 cm³/mol. The molecule has 0 aliphatic heterocycles. The minimum atomic E-state index is -4.30. The molecule has 2 unspecified atom stereocenters. The Labute approximate surface area is 116 Å². The van der Waals surface area contributed by atoms with Gasteiger partial charge in [-0.15, -0.1) is 0 Å². The normalized spacial score (nSPS) is 29.6. The van der Waals surface area contributed by atoms with Crippen molar-refractivity contribution in [2.24, 2.45) is 5.73 Å². The minimum Gasteiger partial charge on any atom is -0.369 e. The van der Waals surface area contributed by atoms with Crippen LogP contribution >= 0.6 is 0 Å². The number of nitrogens with one attached hydrogen (secondary N) is 1. The highest BCUT2D eigenvalue weighted by atomic mass is 19.4. The topological polar surface area (TPSA) is 64.4 Å². The summed E-state index contributed by atoms with van der Waals surface area (Å²) in [7, 11) is 0. The standard InChI is InChI=1S/C13H21F3N2O2/c14-13(15,16)8-20-10-4-1-3-9(7-10)18-11(19)12(17)5-2-6-12/h9-10H,1-8,17H2,(H,18,19). The van der Waals surface area contributed by atoms with E-state index in [9.17, 15) is 18.0 Å². The Morgan fingerprint density at radius 2 is 2.00 bits per heavy atom. The highest BCUT2D eigenvalue weighted by Gasteiger charge is 2.41. The van der Waals surface area contributed by atoms with Crippen molar-refractivity contribution < 1.29 is 22.7 Å². The Balaban J connectivity index is 1.77. The van der Waals surface area contributed by atoms with Crippen LogP contribution in [0.3, 0.4) is 0 Å². The first-order valence-corrected chi connectivity index (χ1v) is 7.07. The van der Waals surface area contributed by atoms with Gasteiger partial charge in [-0.1, -0.05) is 0 Å². The lowest BCUT2D eigenvalue weighted by Crippen LogP contribution is -2.60. The number of carbonyl (C=O) groups excluding carboxylic acids is 1. The summed E-state index contributed by atoms with van der Waals surface area (Å²) in [5.41, 5.74) is 5.16. The molecule has 2 aliphatic carbocycles. The monoisotopic (exact) mass is 294 g/mol. The molecule has 2 fully saturated rings. The largest absolute Gasteiger partial charge is 0.411 e. The fourth-order valence-corrected chi connectivity index (χ4v) is 2.75. The van der Waals surface area contributed by atoms with Gasteiger partial charge in [-0.05, 0) is 44.9 Å². The molecule has 0 aromatic rings. The lowest BCUT2D eigenvalue weighted by molar-refractivity contribution is -0.188. The van der Waals surface area contributed by atoms with E-state index in [4.69, 9.17) is 10.5 Å². The minimum absolute atomic E-state index is 0.129. The lowest BCUT2D eigenvalue weighted by atomic mass is 9.76. The molecule has 1 amide bonds. The summed E-state index contributed by atoms with van der Waals surface area (Å²) in [5.74, 6) is -0.176. The number of halogens is 3. The molecule has 0 aromatic heterocycles. The molecule has 2 rings (SSSR count). The zero-order valence-electron chi connectivity index (χ0n) is 11.3. The second-order valence-corrected chi connectivity index (χ2v) is 5.89. The first-order valence-electron chi connectivity index (χ1n) is 7.07. The van der Waals surface area contributed by atoms with E-state index >= 15 is 0 Å². The van der Waals surface area contributed by atoms with Gasteiger partial charge in [0.2, 0.25) is 5.91 Å². The number of carbonyl (C=O) groups is 1. The Kier molecular flexibility index (Phi) is 4.59. The summed E-state index contributed by atoms with van der Waals surface area (Å²) < 4.78 is 41.2. The Morgan fingerprint density at radius 3 is 2.55 bits per heavy atom. The molecule has 4 nitrogen and oxygen atoms in total. The maximum Gasteiger partial charge on any atom is 0.411 e. The second-order valence-electron chi connectivity index (χ2n) is 5.89. The van der Waals surface area contributed by atoms with Crippen molar-refractivity contribution >= 4 is 5.91 Å². The molecule has 20 heavy (non-hydrogen) atoms. The third-order valence-corrected chi connectivity index (χ3v) is 4.14. The van der Waals surface area contributed by atoms with Crippen LogP contribution in [0.25, 0.3) is 0 Å². The van der Waals surface area contributed by atoms with Crippen LogP contribution in [-0.4, -0.2) is 36.4 Å². The lowest BCUT2D eigenvalue weighted by Gasteiger charge is -2.39. The van der Waals surface area contributed by atoms with Gasteiger partial charge in [0.1, 0.15) is 6.61 Å². The number of hydrogen-bond donors (Lipinski definition) is 2. The van der Waals surface area contributed by atoms with Crippen molar-refractivity contribution in [3.05, 3.63) is 0 Å². The van der Waals surface area contributed by atoms with Crippen LogP contribution in [-0.2, 0) is 9.53 Å². The summed E-state index contributed by atoms with van der Waals surface area (Å²) >= 11 is 0. The second kappa shape index (κ2) is 5.89. The Hall–Kier alpha value is -0.820. The molecule has 0 radical (unpaired) electrons. The quantitative estimate of drug-likeness (QED) is 0.832. The SMILES string of the molecule is NC1(C(=O)NC2CCCC(OCC(F)(F)F)C2)CCC1. The number of hydrogen-bond acceptors (Lipinski definition) is 3. The summed E-state index contributed by atoms with van der Waals surface area (Å²) in [4.78, 5) is 12.0. The molecular formula is C13H21F3N2O2. The Morgan fingerprint density at radius 1 is 1.30 bits per heavy atom. The molecule has 2 saturated carbocycles. The van der Waals surface area contributed by atoms with Gasteiger partial charge in [-0.25, -0.2) is 0 Å². The summed E-state index contributed by atoms with van der Waals surface area (Å²) in [6, 6.07) is -0.129. The van der Waals surface area contributed by atoms with E-state index in [-0.39, 0.29) is 11.9 Å². The van der Waals surface area contributed by atoms with Crippen LogP contribution in [0.4, 0.5) is 13.2 Å². The van der Waals surface area contributed by atoms with E-state index in [0.717, 1.165) is 19.3 Å². The molecule has 0 aromatic carbocycles. The van der Waals surface area contributed by atoms with Crippen molar-refractivity contribution in [3.8, 4) is 0 Å². The molecule has 116 valence electrons. The van der Waals surface area contributed by atoms with Crippen LogP contribution < -0.4 is 11.1 Å². The molecule has 2 atom stereocenters. The summed E-state index contributed by atoms with van der Waals surface area (Å²) in [6.07, 6.45) is 0.132. The highest BCUT2D eigenvalue weighted by molar-refractivity contribution is 5.87. The molecule has 7 heteroatoms. The highest BCUT2D eigenvalue weighted by Crippen LogP contribution is 2.30. The van der Waals surface area contributed by atoms with Crippen LogP contribution in [0, 0.1) is 0 Å². The smallest absolute Gasteiger partial charge is 0.369 e. The fraction of sp³-hybridized carbons (Fsp3) is 0.923. The van der Waals surface area contributed by atoms with E-state index in [1.165, 1.54) is 0 Å². The van der Waals surface area contributed by atoms with E-state index in [0.29, 0.717) is 25.7 Å². The first-order chi connectivity index (χ1) is 9.28. The molecule has 3 N–H and O–H groups in total. The molecule has 2 aliphatic rings. The fourth-order valence-electron chi connectivity index (χ4n) is 2.75. The summed E-state index contributed by atoms with van der Waals surface area (Å²) in [5, 5.41) is 2.86. The number of nitrogens with two attached hydrogens (primary N) is 1. The van der Waals surface area contributed by atoms with Gasteiger partial charge in [-0.3, -0.25) is 4.79 Å². The van der Waals surface area contributed by atoms with E-state index in [2.05, 4.69) is 5.32 Å². The first kappa shape index (κ1) is 15.6. The number of rotatable bonds is 4. The van der Waals surface area contributed by atoms with Crippen molar-refractivity contribution in [1.82, 2.24) is 5.32 Å². The van der Waals surface area contributed by atoms with Gasteiger partial charge in [0.25, 0.3) is 0 Å². The zero-order chi connectivity index (χ0) is 14.8. The predicted octanol–water partition coefficient (Wildman–Crippen LogP) is 1.87. The maximum atomic E-state index is 12.1. The Bertz CT molecular complexity index is 356. The number of ether oxygens (including phenoxy) is 1. The zero-order valence-corrected chi connectivity index (χ0v) is 11.3. The van der Waals surface area contributed by atoms with Crippen molar-refractivity contribution in [1.29, 1.82) is 0 Å². The maximum absolute atomic E-state index is 12.1. The van der Waals surface area contributed by atoms with Crippen molar-refractivity contribution in [2.45, 2.75) is 68.8 Å². The van der Waals surface area contributed by atoms with Crippen molar-refractivity contribution in [3.63, 3.8) is 0 Å². The van der Waals surface area contributed by atoms with E-state index in [1.807, 2.05) is 0 Å². The number of alkyl halides is 3. The van der Waals surface area contributed by atoms with Gasteiger partial charge < -0.3 is 15.8 Å². The third-order valence-electron chi connectivity index (χ3n) is 4.14. The van der Waals surface area contributed by atoms with Crippen LogP contribution in [0.15, 0.2) is 0 Å². The number of amides is 1. The molecule has 0 spiro atoms. The molecular weight excluding hydrogens is 273 g/mol. The van der Waals surface area contributed by atoms with Gasteiger partial charge in [0.05, 0.1) is 11.6 Å². The van der Waals surface area contributed by atoms with E-state index in [1.54, 1.807) is 0 Å². The van der Waals surface area contributed by atoms with Gasteiger partial charge in [0.15, 0.2) is 0 Å². The van der Waals surface area contributed by atoms with E-state index < -0.39 is 24.4 Å². The van der Waals surface area contributed by atoms with Crippen LogP contribution in [0.2, 0.25) is 0 Å². The van der Waals surface area contributed by atoms with Gasteiger partial charge in [0, 0.05) is 6.04 Å². The van der Waals surface area contributed by atoms with Crippen molar-refractivity contribution in [2.75, 3.05) is 6.61 Å². The average molecular weight is 294 g/mol. The van der Waals surface area contributed by atoms with Crippen LogP contribution in [0.1, 0.15) is 44.9 Å². The van der Waals surface area contributed by atoms with Gasteiger partial charge >= 0.3 is 6.18 Å². The van der Waals surface area contributed by atoms with Crippen LogP contribution in [0.5, 0.6) is 0 Å². The third kappa shape index (κ3) is 4.09. The average Bonchev–Trinajstić information content (AvgIpc) is 2.33.